The van der Waals surface area contributed by atoms with Crippen LogP contribution in [0.5, 0.6) is 0 Å². The molecular weight excluding hydrogens is 556 g/mol. The second-order valence-electron chi connectivity index (χ2n) is 10.8. The first-order valence-corrected chi connectivity index (χ1v) is 14.6. The van der Waals surface area contributed by atoms with E-state index in [0.29, 0.717) is 0 Å². The predicted molar refractivity (Wildman–Crippen MR) is 154 cm³/mol. The van der Waals surface area contributed by atoms with Crippen LogP contribution in [-0.2, 0) is 48.2 Å². The van der Waals surface area contributed by atoms with Crippen LogP contribution >= 0.6 is 0 Å². The van der Waals surface area contributed by atoms with Crippen LogP contribution < -0.4 is 0 Å². The molecule has 43 heavy (non-hydrogen) atoms. The van der Waals surface area contributed by atoms with Gasteiger partial charge in [-0.3, -0.25) is 0 Å². The Kier molecular flexibility index (Phi) is 11.7. The van der Waals surface area contributed by atoms with Crippen LogP contribution in [0, 0.1) is 0 Å². The summed E-state index contributed by atoms with van der Waals surface area (Å²) in [6, 6.07) is 28.9. The normalized spacial score (nSPS) is 31.1. The highest BCUT2D eigenvalue weighted by Gasteiger charge is 2.49. The minimum Gasteiger partial charge on any atom is -0.394 e. The van der Waals surface area contributed by atoms with E-state index in [4.69, 9.17) is 28.4 Å². The summed E-state index contributed by atoms with van der Waals surface area (Å²) in [4.78, 5) is 0. The van der Waals surface area contributed by atoms with Gasteiger partial charge in [0.25, 0.3) is 0 Å². The summed E-state index contributed by atoms with van der Waals surface area (Å²) in [5.41, 5.74) is 2.78. The minimum absolute atomic E-state index is 0.0782. The zero-order valence-electron chi connectivity index (χ0n) is 23.8. The molecular formula is C33H40O10. The van der Waals surface area contributed by atoms with Crippen LogP contribution in [0.2, 0.25) is 0 Å². The fourth-order valence-corrected chi connectivity index (χ4v) is 5.26. The topological polar surface area (TPSA) is 136 Å². The van der Waals surface area contributed by atoms with Crippen molar-refractivity contribution in [1.82, 2.24) is 0 Å². The van der Waals surface area contributed by atoms with Gasteiger partial charge in [-0.1, -0.05) is 91.0 Å². The average Bonchev–Trinajstić information content (AvgIpc) is 3.04. The molecule has 0 unspecified atom stereocenters. The molecule has 3 aromatic carbocycles. The fraction of sp³-hybridized carbons (Fsp3) is 0.455. The number of aliphatic hydroxyl groups excluding tert-OH is 4. The monoisotopic (exact) mass is 596 g/mol. The van der Waals surface area contributed by atoms with Crippen LogP contribution in [0.15, 0.2) is 91.0 Å². The molecule has 0 amide bonds. The quantitative estimate of drug-likeness (QED) is 0.233. The molecule has 9 atom stereocenters. The highest BCUT2D eigenvalue weighted by molar-refractivity contribution is 5.15. The molecule has 10 nitrogen and oxygen atoms in total. The van der Waals surface area contributed by atoms with Gasteiger partial charge in [0.1, 0.15) is 30.5 Å². The molecule has 0 aliphatic carbocycles. The van der Waals surface area contributed by atoms with E-state index in [9.17, 15) is 20.4 Å². The number of rotatable bonds is 13. The summed E-state index contributed by atoms with van der Waals surface area (Å²) in [6.45, 7) is 0.176. The molecule has 2 fully saturated rings. The van der Waals surface area contributed by atoms with Crippen molar-refractivity contribution in [3.05, 3.63) is 108 Å². The third kappa shape index (κ3) is 8.68. The Balaban J connectivity index is 1.37. The smallest absolute Gasteiger partial charge is 0.186 e. The van der Waals surface area contributed by atoms with Crippen LogP contribution in [0.1, 0.15) is 23.1 Å². The summed E-state index contributed by atoms with van der Waals surface area (Å²) in [5, 5.41) is 41.5. The number of hydrogen-bond donors (Lipinski definition) is 4. The van der Waals surface area contributed by atoms with Gasteiger partial charge in [0.2, 0.25) is 0 Å². The summed E-state index contributed by atoms with van der Waals surface area (Å²) in [6.07, 6.45) is -8.99. The zero-order valence-corrected chi connectivity index (χ0v) is 23.8. The van der Waals surface area contributed by atoms with Gasteiger partial charge in [-0.25, -0.2) is 0 Å². The van der Waals surface area contributed by atoms with E-state index in [1.165, 1.54) is 0 Å². The Labute approximate surface area is 251 Å². The maximum Gasteiger partial charge on any atom is 0.186 e. The number of aliphatic hydroxyl groups is 4. The van der Waals surface area contributed by atoms with Gasteiger partial charge in [-0.2, -0.15) is 0 Å². The molecule has 232 valence electrons. The lowest BCUT2D eigenvalue weighted by molar-refractivity contribution is -0.331. The van der Waals surface area contributed by atoms with Gasteiger partial charge in [0, 0.05) is 6.42 Å². The van der Waals surface area contributed by atoms with Crippen molar-refractivity contribution in [2.75, 3.05) is 13.2 Å². The Bertz CT molecular complexity index is 1200. The summed E-state index contributed by atoms with van der Waals surface area (Å²) in [7, 11) is 0. The van der Waals surface area contributed by atoms with E-state index in [1.54, 1.807) is 0 Å². The molecule has 5 rings (SSSR count). The van der Waals surface area contributed by atoms with Gasteiger partial charge >= 0.3 is 0 Å². The lowest BCUT2D eigenvalue weighted by Crippen LogP contribution is -2.61. The van der Waals surface area contributed by atoms with E-state index in [-0.39, 0.29) is 39.5 Å². The van der Waals surface area contributed by atoms with Crippen LogP contribution in [0.4, 0.5) is 0 Å². The Morgan fingerprint density at radius 1 is 0.605 bits per heavy atom. The first-order valence-electron chi connectivity index (χ1n) is 14.6. The first-order chi connectivity index (χ1) is 21.0. The molecule has 0 aromatic heterocycles. The summed E-state index contributed by atoms with van der Waals surface area (Å²) >= 11 is 0. The Morgan fingerprint density at radius 3 is 1.60 bits per heavy atom. The van der Waals surface area contributed by atoms with Crippen molar-refractivity contribution in [3.8, 4) is 0 Å². The predicted octanol–water partition coefficient (Wildman–Crippen LogP) is 2.31. The zero-order chi connectivity index (χ0) is 30.0. The minimum atomic E-state index is -1.39. The van der Waals surface area contributed by atoms with E-state index in [1.807, 2.05) is 91.0 Å². The number of hydrogen-bond acceptors (Lipinski definition) is 10. The van der Waals surface area contributed by atoms with Crippen molar-refractivity contribution >= 4 is 0 Å². The maximum absolute atomic E-state index is 11.2. The lowest BCUT2D eigenvalue weighted by Gasteiger charge is -2.45. The van der Waals surface area contributed by atoms with Gasteiger partial charge in [-0.15, -0.1) is 0 Å². The third-order valence-electron chi connectivity index (χ3n) is 7.60. The van der Waals surface area contributed by atoms with Crippen LogP contribution in [0.25, 0.3) is 0 Å². The van der Waals surface area contributed by atoms with Gasteiger partial charge in [-0.05, 0) is 16.7 Å². The highest BCUT2D eigenvalue weighted by Crippen LogP contribution is 2.31. The molecule has 0 bridgehead atoms. The van der Waals surface area contributed by atoms with Crippen molar-refractivity contribution in [1.29, 1.82) is 0 Å². The molecule has 4 N–H and O–H groups in total. The molecule has 2 saturated heterocycles. The number of ether oxygens (including phenoxy) is 6. The van der Waals surface area contributed by atoms with Gasteiger partial charge < -0.3 is 48.8 Å². The summed E-state index contributed by atoms with van der Waals surface area (Å²) < 4.78 is 36.6. The molecule has 2 heterocycles. The average molecular weight is 597 g/mol. The van der Waals surface area contributed by atoms with E-state index in [0.717, 1.165) is 16.7 Å². The highest BCUT2D eigenvalue weighted by atomic mass is 16.7. The van der Waals surface area contributed by atoms with Crippen LogP contribution in [0.3, 0.4) is 0 Å². The van der Waals surface area contributed by atoms with Gasteiger partial charge in [0.15, 0.2) is 12.6 Å². The molecule has 0 spiro atoms. The van der Waals surface area contributed by atoms with Crippen LogP contribution in [-0.4, -0.2) is 88.9 Å². The fourth-order valence-electron chi connectivity index (χ4n) is 5.26. The Morgan fingerprint density at radius 2 is 1.09 bits per heavy atom. The largest absolute Gasteiger partial charge is 0.394 e. The first kappa shape index (κ1) is 31.7. The van der Waals surface area contributed by atoms with Crippen molar-refractivity contribution in [2.24, 2.45) is 0 Å². The molecule has 0 radical (unpaired) electrons. The number of benzene rings is 3. The lowest BCUT2D eigenvalue weighted by atomic mass is 9.97. The van der Waals surface area contributed by atoms with E-state index >= 15 is 0 Å². The standard InChI is InChI=1S/C33H40O10/c34-17-25-16-26(35)28(36)33(42-25)41-21-27-29(38-18-22-10-4-1-5-11-22)30(39-19-23-12-6-2-7-13-23)31(32(37)43-27)40-20-24-14-8-3-9-15-24/h1-15,25-37H,16-21H2/t25-,26-,27+,28+,29+,30-,31-,32-,33+/m0/s1. The van der Waals surface area contributed by atoms with E-state index < -0.39 is 55.3 Å². The molecule has 2 aliphatic heterocycles. The van der Waals surface area contributed by atoms with Crippen molar-refractivity contribution in [3.63, 3.8) is 0 Å². The van der Waals surface area contributed by atoms with Gasteiger partial charge in [0.05, 0.1) is 45.2 Å². The molecule has 3 aromatic rings. The van der Waals surface area contributed by atoms with Crippen molar-refractivity contribution in [2.45, 2.75) is 81.5 Å². The van der Waals surface area contributed by atoms with Crippen molar-refractivity contribution < 1.29 is 48.8 Å². The Hall–Kier alpha value is -2.74. The maximum atomic E-state index is 11.2. The second-order valence-corrected chi connectivity index (χ2v) is 10.8. The molecule has 2 aliphatic rings. The molecule has 10 heteroatoms. The molecule has 0 saturated carbocycles. The SMILES string of the molecule is OC[C@@H]1C[C@H](O)[C@@H](O)[C@H](OC[C@H]2O[C@H](O)[C@@H](OCc3ccccc3)[C@@H](OCc3ccccc3)[C@@H]2OCc2ccccc2)O1. The second kappa shape index (κ2) is 15.8. The van der Waals surface area contributed by atoms with E-state index in [2.05, 4.69) is 0 Å². The third-order valence-corrected chi connectivity index (χ3v) is 7.60. The summed E-state index contributed by atoms with van der Waals surface area (Å²) in [5.74, 6) is 0.